The summed E-state index contributed by atoms with van der Waals surface area (Å²) in [5.74, 6) is 0.551. The molecule has 0 heterocycles. The van der Waals surface area contributed by atoms with E-state index < -0.39 is 0 Å². The molecule has 0 spiro atoms. The molecule has 0 radical (unpaired) electrons. The maximum Gasteiger partial charge on any atom is 0.0798 e. The highest BCUT2D eigenvalue weighted by molar-refractivity contribution is 5.38. The Labute approximate surface area is 141 Å². The Balaban J connectivity index is 1.69. The zero-order valence-corrected chi connectivity index (χ0v) is 14.6. The van der Waals surface area contributed by atoms with Crippen molar-refractivity contribution in [1.82, 2.24) is 5.32 Å². The van der Waals surface area contributed by atoms with Gasteiger partial charge in [-0.2, -0.15) is 0 Å². The van der Waals surface area contributed by atoms with Gasteiger partial charge in [0.1, 0.15) is 0 Å². The number of allylic oxidation sites excluding steroid dienone is 3. The van der Waals surface area contributed by atoms with Gasteiger partial charge in [0, 0.05) is 30.7 Å². The van der Waals surface area contributed by atoms with E-state index in [-0.39, 0.29) is 12.1 Å². The Kier molecular flexibility index (Phi) is 5.73. The average molecular weight is 316 g/mol. The number of rotatable bonds is 5. The van der Waals surface area contributed by atoms with Crippen LogP contribution in [0, 0.1) is 5.92 Å². The predicted molar refractivity (Wildman–Crippen MR) is 96.3 cm³/mol. The molecule has 3 N–H and O–H groups in total. The van der Waals surface area contributed by atoms with Crippen molar-refractivity contribution in [2.24, 2.45) is 11.7 Å². The minimum Gasteiger partial charge on any atom is -0.374 e. The van der Waals surface area contributed by atoms with Crippen molar-refractivity contribution in [2.75, 3.05) is 6.61 Å². The Morgan fingerprint density at radius 3 is 3.04 bits per heavy atom. The van der Waals surface area contributed by atoms with E-state index in [0.717, 1.165) is 25.9 Å². The van der Waals surface area contributed by atoms with Gasteiger partial charge in [0.25, 0.3) is 0 Å². The molecule has 0 amide bonds. The van der Waals surface area contributed by atoms with Crippen molar-refractivity contribution in [1.29, 1.82) is 0 Å². The van der Waals surface area contributed by atoms with Crippen LogP contribution in [0.1, 0.15) is 52.4 Å². The lowest BCUT2D eigenvalue weighted by Crippen LogP contribution is -2.49. The molecule has 3 nitrogen and oxygen atoms in total. The molecular formula is C20H32N2O. The summed E-state index contributed by atoms with van der Waals surface area (Å²) in [6.07, 6.45) is 16.4. The van der Waals surface area contributed by atoms with Crippen LogP contribution in [0.15, 0.2) is 35.5 Å². The van der Waals surface area contributed by atoms with Gasteiger partial charge in [-0.1, -0.05) is 24.3 Å². The van der Waals surface area contributed by atoms with Gasteiger partial charge in [-0.05, 0) is 63.5 Å². The minimum absolute atomic E-state index is 0.238. The first-order valence-corrected chi connectivity index (χ1v) is 9.40. The third-order valence-corrected chi connectivity index (χ3v) is 5.68. The van der Waals surface area contributed by atoms with Crippen LogP contribution in [0.3, 0.4) is 0 Å². The van der Waals surface area contributed by atoms with Crippen LogP contribution in [0.4, 0.5) is 0 Å². The molecule has 0 aromatic carbocycles. The summed E-state index contributed by atoms with van der Waals surface area (Å²) in [4.78, 5) is 0. The van der Waals surface area contributed by atoms with Gasteiger partial charge in [0.2, 0.25) is 0 Å². The van der Waals surface area contributed by atoms with E-state index in [2.05, 4.69) is 43.5 Å². The SMILES string of the molecule is CCOC1C=CCCC1C(C)NC1CC=CC2=C1C(N)CCC2. The Bertz CT molecular complexity index is 494. The summed E-state index contributed by atoms with van der Waals surface area (Å²) in [6.45, 7) is 5.19. The molecule has 3 heteroatoms. The molecular weight excluding hydrogens is 284 g/mol. The molecule has 0 saturated heterocycles. The first-order chi connectivity index (χ1) is 11.2. The van der Waals surface area contributed by atoms with Crippen molar-refractivity contribution in [3.8, 4) is 0 Å². The molecule has 5 unspecified atom stereocenters. The fourth-order valence-corrected chi connectivity index (χ4v) is 4.52. The van der Waals surface area contributed by atoms with Crippen LogP contribution < -0.4 is 11.1 Å². The van der Waals surface area contributed by atoms with E-state index in [1.165, 1.54) is 30.4 Å². The van der Waals surface area contributed by atoms with Crippen LogP contribution in [-0.4, -0.2) is 30.8 Å². The monoisotopic (exact) mass is 316 g/mol. The molecule has 3 aliphatic rings. The minimum atomic E-state index is 0.238. The summed E-state index contributed by atoms with van der Waals surface area (Å²) in [5, 5.41) is 3.90. The van der Waals surface area contributed by atoms with Gasteiger partial charge in [-0.15, -0.1) is 0 Å². The van der Waals surface area contributed by atoms with Crippen molar-refractivity contribution in [2.45, 2.75) is 76.6 Å². The largest absolute Gasteiger partial charge is 0.374 e. The van der Waals surface area contributed by atoms with E-state index in [1.807, 2.05) is 0 Å². The number of hydrogen-bond donors (Lipinski definition) is 2. The maximum absolute atomic E-state index is 6.44. The van der Waals surface area contributed by atoms with Gasteiger partial charge >= 0.3 is 0 Å². The van der Waals surface area contributed by atoms with E-state index in [4.69, 9.17) is 10.5 Å². The molecule has 0 aromatic heterocycles. The zero-order chi connectivity index (χ0) is 16.2. The molecule has 0 aliphatic heterocycles. The number of nitrogens with one attached hydrogen (secondary N) is 1. The predicted octanol–water partition coefficient (Wildman–Crippen LogP) is 3.47. The third kappa shape index (κ3) is 3.78. The van der Waals surface area contributed by atoms with E-state index in [0.29, 0.717) is 18.0 Å². The van der Waals surface area contributed by atoms with Gasteiger partial charge in [-0.3, -0.25) is 0 Å². The fraction of sp³-hybridized carbons (Fsp3) is 0.700. The molecule has 0 bridgehead atoms. The van der Waals surface area contributed by atoms with E-state index in [9.17, 15) is 0 Å². The second-order valence-corrected chi connectivity index (χ2v) is 7.21. The first kappa shape index (κ1) is 16.9. The molecule has 23 heavy (non-hydrogen) atoms. The Hall–Kier alpha value is -0.900. The molecule has 0 fully saturated rings. The Morgan fingerprint density at radius 2 is 2.22 bits per heavy atom. The summed E-state index contributed by atoms with van der Waals surface area (Å²) < 4.78 is 5.96. The smallest absolute Gasteiger partial charge is 0.0798 e. The van der Waals surface area contributed by atoms with Gasteiger partial charge in [-0.25, -0.2) is 0 Å². The van der Waals surface area contributed by atoms with Crippen molar-refractivity contribution in [3.05, 3.63) is 35.5 Å². The molecule has 5 atom stereocenters. The summed E-state index contributed by atoms with van der Waals surface area (Å²) in [7, 11) is 0. The lowest BCUT2D eigenvalue weighted by molar-refractivity contribution is 0.0330. The van der Waals surface area contributed by atoms with Gasteiger partial charge < -0.3 is 15.8 Å². The van der Waals surface area contributed by atoms with Crippen LogP contribution in [0.5, 0.6) is 0 Å². The van der Waals surface area contributed by atoms with Crippen LogP contribution in [-0.2, 0) is 4.74 Å². The molecule has 0 aromatic rings. The van der Waals surface area contributed by atoms with Gasteiger partial charge in [0.05, 0.1) is 6.10 Å². The Morgan fingerprint density at radius 1 is 1.35 bits per heavy atom. The van der Waals surface area contributed by atoms with Crippen LogP contribution >= 0.6 is 0 Å². The zero-order valence-electron chi connectivity index (χ0n) is 14.6. The molecule has 3 aliphatic carbocycles. The van der Waals surface area contributed by atoms with E-state index in [1.54, 1.807) is 0 Å². The summed E-state index contributed by atoms with van der Waals surface area (Å²) in [6, 6.07) is 1.09. The average Bonchev–Trinajstić information content (AvgIpc) is 2.56. The topological polar surface area (TPSA) is 47.3 Å². The second-order valence-electron chi connectivity index (χ2n) is 7.21. The third-order valence-electron chi connectivity index (χ3n) is 5.68. The number of hydrogen-bond acceptors (Lipinski definition) is 3. The first-order valence-electron chi connectivity index (χ1n) is 9.40. The summed E-state index contributed by atoms with van der Waals surface area (Å²) in [5.41, 5.74) is 9.41. The normalized spacial score (nSPS) is 35.3. The molecule has 0 saturated carbocycles. The number of ether oxygens (including phenoxy) is 1. The standard InChI is InChI=1S/C20H32N2O/c1-3-23-19-13-5-4-10-16(19)14(2)22-18-12-7-9-15-8-6-11-17(21)20(15)18/h5,7,9,13-14,16-19,22H,3-4,6,8,10-12,21H2,1-2H3. The highest BCUT2D eigenvalue weighted by Gasteiger charge is 2.32. The highest BCUT2D eigenvalue weighted by atomic mass is 16.5. The second kappa shape index (κ2) is 7.78. The maximum atomic E-state index is 6.44. The van der Waals surface area contributed by atoms with Crippen LogP contribution in [0.25, 0.3) is 0 Å². The molecule has 128 valence electrons. The van der Waals surface area contributed by atoms with Crippen molar-refractivity contribution >= 4 is 0 Å². The molecule has 3 rings (SSSR count). The highest BCUT2D eigenvalue weighted by Crippen LogP contribution is 2.33. The number of nitrogens with two attached hydrogens (primary N) is 1. The lowest BCUT2D eigenvalue weighted by atomic mass is 9.79. The van der Waals surface area contributed by atoms with Crippen LogP contribution in [0.2, 0.25) is 0 Å². The van der Waals surface area contributed by atoms with Crippen molar-refractivity contribution in [3.63, 3.8) is 0 Å². The quantitative estimate of drug-likeness (QED) is 0.764. The van der Waals surface area contributed by atoms with Crippen molar-refractivity contribution < 1.29 is 4.74 Å². The lowest BCUT2D eigenvalue weighted by Gasteiger charge is -2.39. The summed E-state index contributed by atoms with van der Waals surface area (Å²) >= 11 is 0. The van der Waals surface area contributed by atoms with Gasteiger partial charge in [0.15, 0.2) is 0 Å². The fourth-order valence-electron chi connectivity index (χ4n) is 4.52. The van der Waals surface area contributed by atoms with E-state index >= 15 is 0 Å².